The zero-order valence-electron chi connectivity index (χ0n) is 23.7. The van der Waals surface area contributed by atoms with Gasteiger partial charge in [0.1, 0.15) is 23.1 Å². The number of piperazine rings is 1. The first-order valence-corrected chi connectivity index (χ1v) is 15.0. The fourth-order valence-corrected chi connectivity index (χ4v) is 6.58. The van der Waals surface area contributed by atoms with E-state index < -0.39 is 5.54 Å². The van der Waals surface area contributed by atoms with E-state index in [1.807, 2.05) is 36.1 Å². The summed E-state index contributed by atoms with van der Waals surface area (Å²) in [6.45, 7) is 7.20. The average Bonchev–Trinajstić information content (AvgIpc) is 2.96. The van der Waals surface area contributed by atoms with Crippen LogP contribution in [0.1, 0.15) is 82.4 Å². The third-order valence-corrected chi connectivity index (χ3v) is 8.97. The highest BCUT2D eigenvalue weighted by atomic mass is 16.5. The van der Waals surface area contributed by atoms with Crippen LogP contribution in [0.15, 0.2) is 42.6 Å². The molecule has 7 nitrogen and oxygen atoms in total. The van der Waals surface area contributed by atoms with Gasteiger partial charge in [-0.05, 0) is 68.4 Å². The number of hydrogen-bond acceptors (Lipinski definition) is 5. The Morgan fingerprint density at radius 1 is 1.00 bits per heavy atom. The molecule has 1 aliphatic carbocycles. The number of rotatable bonds is 9. The molecule has 3 aliphatic rings. The smallest absolute Gasteiger partial charge is 0.246 e. The van der Waals surface area contributed by atoms with E-state index in [9.17, 15) is 9.59 Å². The molecule has 3 heterocycles. The van der Waals surface area contributed by atoms with E-state index in [-0.39, 0.29) is 17.9 Å². The number of benzene rings is 1. The molecule has 2 saturated heterocycles. The van der Waals surface area contributed by atoms with Crippen LogP contribution in [-0.2, 0) is 16.1 Å². The fourth-order valence-electron chi connectivity index (χ4n) is 6.58. The number of unbranched alkanes of at least 4 members (excludes halogenated alkanes) is 1. The first kappa shape index (κ1) is 27.6. The van der Waals surface area contributed by atoms with Crippen molar-refractivity contribution >= 4 is 11.8 Å². The van der Waals surface area contributed by atoms with Gasteiger partial charge in [-0.3, -0.25) is 19.5 Å². The molecule has 0 radical (unpaired) electrons. The van der Waals surface area contributed by atoms with Crippen LogP contribution in [0.25, 0.3) is 0 Å². The van der Waals surface area contributed by atoms with E-state index in [1.165, 1.54) is 37.7 Å². The summed E-state index contributed by atoms with van der Waals surface area (Å²) >= 11 is 0. The Kier molecular flexibility index (Phi) is 8.85. The molecule has 1 aromatic carbocycles. The Hall–Kier alpha value is -2.93. The summed E-state index contributed by atoms with van der Waals surface area (Å²) in [6.07, 6.45) is 12.0. The number of pyridine rings is 1. The van der Waals surface area contributed by atoms with Crippen LogP contribution in [-0.4, -0.2) is 57.8 Å². The Balaban J connectivity index is 1.19. The highest BCUT2D eigenvalue weighted by Gasteiger charge is 2.53. The van der Waals surface area contributed by atoms with Gasteiger partial charge in [-0.1, -0.05) is 57.6 Å². The molecule has 1 N–H and O–H groups in total. The van der Waals surface area contributed by atoms with Gasteiger partial charge in [0.25, 0.3) is 0 Å². The van der Waals surface area contributed by atoms with E-state index in [0.717, 1.165) is 56.1 Å². The van der Waals surface area contributed by atoms with Gasteiger partial charge in [0, 0.05) is 31.9 Å². The van der Waals surface area contributed by atoms with Crippen molar-refractivity contribution in [1.29, 1.82) is 0 Å². The Morgan fingerprint density at radius 3 is 2.38 bits per heavy atom. The van der Waals surface area contributed by atoms with Gasteiger partial charge in [0.2, 0.25) is 11.8 Å². The lowest BCUT2D eigenvalue weighted by Crippen LogP contribution is -2.73. The minimum absolute atomic E-state index is 0.0748. The number of carbonyl (C=O) groups is 2. The van der Waals surface area contributed by atoms with Crippen LogP contribution in [0.5, 0.6) is 11.5 Å². The van der Waals surface area contributed by atoms with Gasteiger partial charge < -0.3 is 15.0 Å². The largest absolute Gasteiger partial charge is 0.456 e. The molecule has 3 fully saturated rings. The van der Waals surface area contributed by atoms with Crippen molar-refractivity contribution < 1.29 is 14.3 Å². The molecule has 0 unspecified atom stereocenters. The molecule has 210 valence electrons. The van der Waals surface area contributed by atoms with Crippen LogP contribution in [0, 0.1) is 12.8 Å². The van der Waals surface area contributed by atoms with E-state index in [1.54, 1.807) is 6.20 Å². The average molecular weight is 533 g/mol. The summed E-state index contributed by atoms with van der Waals surface area (Å²) in [5, 5.41) is 3.21. The Labute approximate surface area is 233 Å². The standard InChI is InChI=1S/C32H44N4O3/c1-3-4-18-36-30(37)29(21-25-8-6-5-7-9-25)34-31(38)32(36)16-19-35(20-17-32)23-26-11-14-27(15-12-26)39-28-13-10-24(2)33-22-28/h10-15,22,25,29H,3-9,16-21,23H2,1-2H3,(H,34,38)/t29-/m0/s1. The monoisotopic (exact) mass is 532 g/mol. The molecule has 2 amide bonds. The van der Waals surface area contributed by atoms with E-state index in [2.05, 4.69) is 34.3 Å². The number of nitrogens with zero attached hydrogens (tertiary/aromatic N) is 3. The van der Waals surface area contributed by atoms with E-state index in [4.69, 9.17) is 4.74 Å². The molecular formula is C32H44N4O3. The number of nitrogens with one attached hydrogen (secondary N) is 1. The summed E-state index contributed by atoms with van der Waals surface area (Å²) in [5.74, 6) is 2.30. The third-order valence-electron chi connectivity index (χ3n) is 8.97. The second-order valence-electron chi connectivity index (χ2n) is 11.8. The van der Waals surface area contributed by atoms with E-state index in [0.29, 0.717) is 25.3 Å². The van der Waals surface area contributed by atoms with Gasteiger partial charge in [0.15, 0.2) is 0 Å². The SMILES string of the molecule is CCCCN1C(=O)[C@H](CC2CCCCC2)NC(=O)C12CCN(Cc1ccc(Oc3ccc(C)nc3)cc1)CC2. The van der Waals surface area contributed by atoms with Gasteiger partial charge in [-0.15, -0.1) is 0 Å². The predicted octanol–water partition coefficient (Wildman–Crippen LogP) is 5.61. The van der Waals surface area contributed by atoms with Crippen LogP contribution in [0.3, 0.4) is 0 Å². The minimum Gasteiger partial charge on any atom is -0.456 e. The number of ether oxygens (including phenoxy) is 1. The zero-order valence-corrected chi connectivity index (χ0v) is 23.7. The molecule has 2 aromatic rings. The highest BCUT2D eigenvalue weighted by molar-refractivity contribution is 6.00. The molecule has 1 atom stereocenters. The quantitative estimate of drug-likeness (QED) is 0.454. The lowest BCUT2D eigenvalue weighted by atomic mass is 9.79. The summed E-state index contributed by atoms with van der Waals surface area (Å²) in [6, 6.07) is 11.7. The lowest BCUT2D eigenvalue weighted by molar-refractivity contribution is -0.162. The normalized spacial score (nSPS) is 22.2. The number of aryl methyl sites for hydroxylation is 1. The molecule has 5 rings (SSSR count). The second kappa shape index (κ2) is 12.5. The molecule has 39 heavy (non-hydrogen) atoms. The van der Waals surface area contributed by atoms with Gasteiger partial charge >= 0.3 is 0 Å². The van der Waals surface area contributed by atoms with Crippen molar-refractivity contribution in [2.24, 2.45) is 5.92 Å². The third kappa shape index (κ3) is 6.46. The van der Waals surface area contributed by atoms with Crippen LogP contribution in [0.2, 0.25) is 0 Å². The van der Waals surface area contributed by atoms with Crippen molar-refractivity contribution in [3.8, 4) is 11.5 Å². The van der Waals surface area contributed by atoms with Crippen LogP contribution < -0.4 is 10.1 Å². The predicted molar refractivity (Wildman–Crippen MR) is 152 cm³/mol. The topological polar surface area (TPSA) is 74.8 Å². The molecule has 7 heteroatoms. The maximum Gasteiger partial charge on any atom is 0.246 e. The molecular weight excluding hydrogens is 488 g/mol. The van der Waals surface area contributed by atoms with Crippen LogP contribution >= 0.6 is 0 Å². The molecule has 0 bridgehead atoms. The van der Waals surface area contributed by atoms with Crippen LogP contribution in [0.4, 0.5) is 0 Å². The number of carbonyl (C=O) groups excluding carboxylic acids is 2. The number of hydrogen-bond donors (Lipinski definition) is 1. The first-order chi connectivity index (χ1) is 19.0. The summed E-state index contributed by atoms with van der Waals surface area (Å²) in [7, 11) is 0. The molecule has 1 aromatic heterocycles. The van der Waals surface area contributed by atoms with Crippen molar-refractivity contribution in [2.75, 3.05) is 19.6 Å². The number of piperidine rings is 1. The summed E-state index contributed by atoms with van der Waals surface area (Å²) in [5.41, 5.74) is 1.47. The van der Waals surface area contributed by atoms with E-state index >= 15 is 0 Å². The number of aromatic nitrogens is 1. The minimum atomic E-state index is -0.703. The molecule has 2 aliphatic heterocycles. The van der Waals surface area contributed by atoms with Gasteiger partial charge in [-0.2, -0.15) is 0 Å². The summed E-state index contributed by atoms with van der Waals surface area (Å²) < 4.78 is 5.92. The molecule has 1 saturated carbocycles. The van der Waals surface area contributed by atoms with Gasteiger partial charge in [-0.25, -0.2) is 0 Å². The van der Waals surface area contributed by atoms with Gasteiger partial charge in [0.05, 0.1) is 6.20 Å². The van der Waals surface area contributed by atoms with Crippen molar-refractivity contribution in [2.45, 2.75) is 96.2 Å². The molecule has 1 spiro atoms. The fraction of sp³-hybridized carbons (Fsp3) is 0.594. The zero-order chi connectivity index (χ0) is 27.2. The highest BCUT2D eigenvalue weighted by Crippen LogP contribution is 2.36. The lowest BCUT2D eigenvalue weighted by Gasteiger charge is -2.52. The van der Waals surface area contributed by atoms with Crippen molar-refractivity contribution in [3.05, 3.63) is 53.9 Å². The Bertz CT molecular complexity index is 1100. The maximum absolute atomic E-state index is 13.8. The van der Waals surface area contributed by atoms with Crippen molar-refractivity contribution in [1.82, 2.24) is 20.1 Å². The first-order valence-electron chi connectivity index (χ1n) is 15.0. The Morgan fingerprint density at radius 2 is 1.72 bits per heavy atom. The number of likely N-dealkylation sites (tertiary alicyclic amines) is 1. The summed E-state index contributed by atoms with van der Waals surface area (Å²) in [4.78, 5) is 36.1. The maximum atomic E-state index is 13.8. The number of amides is 2. The second-order valence-corrected chi connectivity index (χ2v) is 11.8. The van der Waals surface area contributed by atoms with Crippen molar-refractivity contribution in [3.63, 3.8) is 0 Å².